The van der Waals surface area contributed by atoms with Crippen molar-refractivity contribution in [3.63, 3.8) is 0 Å². The average Bonchev–Trinajstić information content (AvgIpc) is 2.75. The first kappa shape index (κ1) is 13.2. The number of anilines is 1. The summed E-state index contributed by atoms with van der Waals surface area (Å²) < 4.78 is 1.02. The van der Waals surface area contributed by atoms with E-state index in [2.05, 4.69) is 20.9 Å². The predicted octanol–water partition coefficient (Wildman–Crippen LogP) is 3.84. The van der Waals surface area contributed by atoms with Gasteiger partial charge in [-0.05, 0) is 17.7 Å². The van der Waals surface area contributed by atoms with Gasteiger partial charge in [-0.3, -0.25) is 4.79 Å². The fraction of sp³-hybridized carbons (Fsp3) is 0.231. The maximum absolute atomic E-state index is 11.7. The molecule has 1 heterocycles. The Bertz CT molecular complexity index is 575. The third-order valence-electron chi connectivity index (χ3n) is 2.44. The van der Waals surface area contributed by atoms with Gasteiger partial charge in [-0.25, -0.2) is 4.98 Å². The Kier molecular flexibility index (Phi) is 3.82. The number of hydrogen-bond donors (Lipinski definition) is 0. The van der Waals surface area contributed by atoms with E-state index in [0.29, 0.717) is 5.69 Å². The third-order valence-corrected chi connectivity index (χ3v) is 4.24. The highest BCUT2D eigenvalue weighted by molar-refractivity contribution is 9.10. The standard InChI is InChI=1S/C13H13BrN2OS/c1-8(17)11-12(18-13(15-11)16(2)3)9-4-6-10(14)7-5-9/h4-7H,1-3H3. The summed E-state index contributed by atoms with van der Waals surface area (Å²) in [6.45, 7) is 1.55. The predicted molar refractivity (Wildman–Crippen MR) is 79.6 cm³/mol. The molecule has 0 unspecified atom stereocenters. The Morgan fingerprint density at radius 2 is 1.89 bits per heavy atom. The van der Waals surface area contributed by atoms with E-state index in [4.69, 9.17) is 0 Å². The lowest BCUT2D eigenvalue weighted by atomic mass is 10.1. The second kappa shape index (κ2) is 5.20. The molecular formula is C13H13BrN2OS. The molecule has 0 saturated heterocycles. The molecule has 1 aromatic heterocycles. The van der Waals surface area contributed by atoms with Crippen LogP contribution in [0.1, 0.15) is 17.4 Å². The Morgan fingerprint density at radius 1 is 1.28 bits per heavy atom. The second-order valence-electron chi connectivity index (χ2n) is 4.13. The highest BCUT2D eigenvalue weighted by atomic mass is 79.9. The van der Waals surface area contributed by atoms with Crippen LogP contribution in [0, 0.1) is 0 Å². The van der Waals surface area contributed by atoms with Crippen molar-refractivity contribution in [3.8, 4) is 10.4 Å². The fourth-order valence-electron chi connectivity index (χ4n) is 1.54. The molecule has 0 atom stereocenters. The molecule has 0 fully saturated rings. The minimum absolute atomic E-state index is 0.00253. The summed E-state index contributed by atoms with van der Waals surface area (Å²) in [5.74, 6) is -0.00253. The first-order valence-corrected chi connectivity index (χ1v) is 7.05. The quantitative estimate of drug-likeness (QED) is 0.804. The maximum Gasteiger partial charge on any atom is 0.186 e. The SMILES string of the molecule is CC(=O)c1nc(N(C)C)sc1-c1ccc(Br)cc1. The Hall–Kier alpha value is -1.20. The average molecular weight is 325 g/mol. The van der Waals surface area contributed by atoms with Crippen LogP contribution in [0.4, 0.5) is 5.13 Å². The molecule has 94 valence electrons. The molecule has 0 aliphatic rings. The molecule has 18 heavy (non-hydrogen) atoms. The number of carbonyl (C=O) groups is 1. The third kappa shape index (κ3) is 2.62. The fourth-order valence-corrected chi connectivity index (χ4v) is 2.84. The van der Waals surface area contributed by atoms with E-state index in [-0.39, 0.29) is 5.78 Å². The number of Topliss-reactive ketones (excluding diaryl/α,β-unsaturated/α-hetero) is 1. The number of hydrogen-bond acceptors (Lipinski definition) is 4. The number of carbonyl (C=O) groups excluding carboxylic acids is 1. The highest BCUT2D eigenvalue weighted by Gasteiger charge is 2.17. The van der Waals surface area contributed by atoms with Crippen LogP contribution in [0.5, 0.6) is 0 Å². The minimum Gasteiger partial charge on any atom is -0.354 e. The molecule has 0 amide bonds. The smallest absolute Gasteiger partial charge is 0.186 e. The Morgan fingerprint density at radius 3 is 2.39 bits per heavy atom. The van der Waals surface area contributed by atoms with Crippen molar-refractivity contribution in [1.29, 1.82) is 0 Å². The van der Waals surface area contributed by atoms with Gasteiger partial charge in [-0.15, -0.1) is 0 Å². The van der Waals surface area contributed by atoms with Gasteiger partial charge >= 0.3 is 0 Å². The number of rotatable bonds is 3. The lowest BCUT2D eigenvalue weighted by Gasteiger charge is -2.05. The van der Waals surface area contributed by atoms with Crippen molar-refractivity contribution in [2.45, 2.75) is 6.92 Å². The van der Waals surface area contributed by atoms with Gasteiger partial charge in [-0.2, -0.15) is 0 Å². The van der Waals surface area contributed by atoms with E-state index in [9.17, 15) is 4.79 Å². The molecule has 0 bridgehead atoms. The van der Waals surface area contributed by atoms with Gasteiger partial charge in [0.1, 0.15) is 5.69 Å². The van der Waals surface area contributed by atoms with Crippen molar-refractivity contribution in [2.75, 3.05) is 19.0 Å². The van der Waals surface area contributed by atoms with E-state index in [0.717, 1.165) is 20.0 Å². The molecule has 0 aliphatic carbocycles. The first-order chi connectivity index (χ1) is 8.49. The number of aromatic nitrogens is 1. The monoisotopic (exact) mass is 324 g/mol. The molecule has 2 aromatic rings. The van der Waals surface area contributed by atoms with E-state index in [1.54, 1.807) is 6.92 Å². The summed E-state index contributed by atoms with van der Waals surface area (Å²) in [6, 6.07) is 7.91. The van der Waals surface area contributed by atoms with Crippen molar-refractivity contribution in [1.82, 2.24) is 4.98 Å². The van der Waals surface area contributed by atoms with Gasteiger partial charge in [0.15, 0.2) is 10.9 Å². The molecular weight excluding hydrogens is 312 g/mol. The van der Waals surface area contributed by atoms with Crippen LogP contribution in [-0.2, 0) is 0 Å². The van der Waals surface area contributed by atoms with Gasteiger partial charge in [0.2, 0.25) is 0 Å². The summed E-state index contributed by atoms with van der Waals surface area (Å²) in [7, 11) is 3.85. The minimum atomic E-state index is -0.00253. The second-order valence-corrected chi connectivity index (χ2v) is 6.02. The molecule has 0 radical (unpaired) electrons. The first-order valence-electron chi connectivity index (χ1n) is 5.44. The number of halogens is 1. The van der Waals surface area contributed by atoms with Crippen LogP contribution in [-0.4, -0.2) is 24.9 Å². The van der Waals surface area contributed by atoms with Crippen LogP contribution in [0.25, 0.3) is 10.4 Å². The zero-order valence-corrected chi connectivity index (χ0v) is 12.8. The summed E-state index contributed by atoms with van der Waals surface area (Å²) in [4.78, 5) is 18.9. The van der Waals surface area contributed by atoms with Crippen molar-refractivity contribution in [2.24, 2.45) is 0 Å². The summed E-state index contributed by atoms with van der Waals surface area (Å²) in [5.41, 5.74) is 1.57. The van der Waals surface area contributed by atoms with E-state index in [1.807, 2.05) is 43.3 Å². The summed E-state index contributed by atoms with van der Waals surface area (Å²) in [6.07, 6.45) is 0. The normalized spacial score (nSPS) is 10.4. The van der Waals surface area contributed by atoms with Gasteiger partial charge in [-0.1, -0.05) is 39.4 Å². The van der Waals surface area contributed by atoms with Gasteiger partial charge < -0.3 is 4.90 Å². The largest absolute Gasteiger partial charge is 0.354 e. The van der Waals surface area contributed by atoms with Crippen LogP contribution in [0.3, 0.4) is 0 Å². The van der Waals surface area contributed by atoms with Crippen LogP contribution in [0.2, 0.25) is 0 Å². The lowest BCUT2D eigenvalue weighted by Crippen LogP contribution is -2.08. The van der Waals surface area contributed by atoms with E-state index < -0.39 is 0 Å². The van der Waals surface area contributed by atoms with Crippen molar-refractivity contribution in [3.05, 3.63) is 34.4 Å². The molecule has 0 saturated carbocycles. The molecule has 5 heteroatoms. The number of ketones is 1. The van der Waals surface area contributed by atoms with Gasteiger partial charge in [0.25, 0.3) is 0 Å². The summed E-state index contributed by atoms with van der Waals surface area (Å²) in [5, 5.41) is 0.845. The zero-order chi connectivity index (χ0) is 13.3. The van der Waals surface area contributed by atoms with Gasteiger partial charge in [0.05, 0.1) is 4.88 Å². The maximum atomic E-state index is 11.7. The Labute approximate surface area is 119 Å². The van der Waals surface area contributed by atoms with E-state index >= 15 is 0 Å². The molecule has 2 rings (SSSR count). The van der Waals surface area contributed by atoms with E-state index in [1.165, 1.54) is 11.3 Å². The summed E-state index contributed by atoms with van der Waals surface area (Å²) >= 11 is 4.94. The molecule has 0 aliphatic heterocycles. The van der Waals surface area contributed by atoms with Gasteiger partial charge in [0, 0.05) is 25.5 Å². The van der Waals surface area contributed by atoms with Crippen LogP contribution >= 0.6 is 27.3 Å². The number of thiazole rings is 1. The zero-order valence-electron chi connectivity index (χ0n) is 10.4. The van der Waals surface area contributed by atoms with Crippen molar-refractivity contribution >= 4 is 38.2 Å². The van der Waals surface area contributed by atoms with Crippen LogP contribution < -0.4 is 4.90 Å². The number of nitrogens with zero attached hydrogens (tertiary/aromatic N) is 2. The molecule has 0 spiro atoms. The molecule has 1 aromatic carbocycles. The lowest BCUT2D eigenvalue weighted by molar-refractivity contribution is 0.101. The topological polar surface area (TPSA) is 33.2 Å². The number of benzene rings is 1. The van der Waals surface area contributed by atoms with Crippen LogP contribution in [0.15, 0.2) is 28.7 Å². The molecule has 3 nitrogen and oxygen atoms in total. The highest BCUT2D eigenvalue weighted by Crippen LogP contribution is 2.34. The Balaban J connectivity index is 2.55. The molecule has 0 N–H and O–H groups in total. The van der Waals surface area contributed by atoms with Crippen molar-refractivity contribution < 1.29 is 4.79 Å².